The van der Waals surface area contributed by atoms with E-state index >= 15 is 0 Å². The van der Waals surface area contributed by atoms with Crippen LogP contribution in [-0.2, 0) is 14.3 Å². The van der Waals surface area contributed by atoms with E-state index in [1.54, 1.807) is 0 Å². The van der Waals surface area contributed by atoms with E-state index in [0.29, 0.717) is 24.9 Å². The van der Waals surface area contributed by atoms with Gasteiger partial charge in [0.05, 0.1) is 13.5 Å². The number of hydrogen-bond donors (Lipinski definition) is 2. The summed E-state index contributed by atoms with van der Waals surface area (Å²) in [6, 6.07) is 9.27. The molecule has 0 spiro atoms. The molecule has 8 heteroatoms. The van der Waals surface area contributed by atoms with Crippen molar-refractivity contribution < 1.29 is 19.1 Å². The van der Waals surface area contributed by atoms with Crippen molar-refractivity contribution in [2.75, 3.05) is 50.6 Å². The topological polar surface area (TPSA) is 83.1 Å². The largest absolute Gasteiger partial charge is 0.469 e. The fraction of sp³-hybridized carbons (Fsp3) is 0.714. The fourth-order valence-corrected chi connectivity index (χ4v) is 5.29. The van der Waals surface area contributed by atoms with Crippen LogP contribution in [0.2, 0.25) is 0 Å². The minimum Gasteiger partial charge on any atom is -0.469 e. The third-order valence-corrected chi connectivity index (χ3v) is 7.30. The lowest BCUT2D eigenvalue weighted by Gasteiger charge is -2.39. The van der Waals surface area contributed by atoms with Crippen molar-refractivity contribution in [3.63, 3.8) is 0 Å². The Hall–Kier alpha value is -2.48. The van der Waals surface area contributed by atoms with Gasteiger partial charge in [-0.05, 0) is 90.5 Å². The highest BCUT2D eigenvalue weighted by Crippen LogP contribution is 2.28. The van der Waals surface area contributed by atoms with Gasteiger partial charge in [-0.2, -0.15) is 0 Å². The van der Waals surface area contributed by atoms with Crippen molar-refractivity contribution >= 4 is 23.4 Å². The van der Waals surface area contributed by atoms with Crippen molar-refractivity contribution in [3.05, 3.63) is 24.3 Å². The lowest BCUT2D eigenvalue weighted by atomic mass is 9.89. The highest BCUT2D eigenvalue weighted by atomic mass is 16.6. The maximum Gasteiger partial charge on any atom is 0.407 e. The monoisotopic (exact) mass is 502 g/mol. The van der Waals surface area contributed by atoms with E-state index in [4.69, 9.17) is 9.47 Å². The highest BCUT2D eigenvalue weighted by molar-refractivity contribution is 5.70. The van der Waals surface area contributed by atoms with Gasteiger partial charge in [-0.15, -0.1) is 0 Å². The zero-order chi connectivity index (χ0) is 26.1. The highest BCUT2D eigenvalue weighted by Gasteiger charge is 2.28. The summed E-state index contributed by atoms with van der Waals surface area (Å²) < 4.78 is 10.1. The minimum atomic E-state index is -0.456. The normalized spacial score (nSPS) is 21.2. The first-order valence-corrected chi connectivity index (χ1v) is 13.5. The Morgan fingerprint density at radius 1 is 1.08 bits per heavy atom. The maximum atomic E-state index is 12.1. The third kappa shape index (κ3) is 9.19. The number of amides is 1. The number of methoxy groups -OCH3 is 1. The van der Waals surface area contributed by atoms with E-state index in [1.807, 2.05) is 26.8 Å². The van der Waals surface area contributed by atoms with Crippen LogP contribution >= 0.6 is 0 Å². The summed E-state index contributed by atoms with van der Waals surface area (Å²) in [7, 11) is 3.68. The van der Waals surface area contributed by atoms with Crippen LogP contribution in [0.25, 0.3) is 0 Å². The molecule has 1 aliphatic carbocycles. The first-order valence-electron chi connectivity index (χ1n) is 13.5. The predicted octanol–water partition coefficient (Wildman–Crippen LogP) is 4.65. The molecule has 1 aromatic rings. The average molecular weight is 503 g/mol. The number of nitrogens with zero attached hydrogens (tertiary/aromatic N) is 2. The molecule has 1 amide bonds. The molecule has 1 saturated heterocycles. The summed E-state index contributed by atoms with van der Waals surface area (Å²) in [6.45, 7) is 9.53. The predicted molar refractivity (Wildman–Crippen MR) is 145 cm³/mol. The third-order valence-electron chi connectivity index (χ3n) is 7.30. The molecule has 1 aromatic carbocycles. The number of alkyl carbamates (subject to hydrolysis) is 1. The molecule has 1 heterocycles. The van der Waals surface area contributed by atoms with E-state index < -0.39 is 5.60 Å². The van der Waals surface area contributed by atoms with Crippen LogP contribution in [0, 0.1) is 5.92 Å². The second kappa shape index (κ2) is 13.2. The summed E-state index contributed by atoms with van der Waals surface area (Å²) in [5, 5.41) is 6.37. The Balaban J connectivity index is 1.37. The van der Waals surface area contributed by atoms with Gasteiger partial charge >= 0.3 is 12.1 Å². The van der Waals surface area contributed by atoms with E-state index in [9.17, 15) is 9.59 Å². The van der Waals surface area contributed by atoms with E-state index in [1.165, 1.54) is 25.6 Å². The Bertz CT molecular complexity index is 840. The van der Waals surface area contributed by atoms with Crippen LogP contribution in [0.1, 0.15) is 65.7 Å². The number of rotatable bonds is 9. The first kappa shape index (κ1) is 28.1. The second-order valence-corrected chi connectivity index (χ2v) is 11.3. The summed E-state index contributed by atoms with van der Waals surface area (Å²) in [5.74, 6) is 0.515. The van der Waals surface area contributed by atoms with Crippen LogP contribution in [0.4, 0.5) is 16.2 Å². The van der Waals surface area contributed by atoms with Gasteiger partial charge in [0.2, 0.25) is 0 Å². The van der Waals surface area contributed by atoms with Gasteiger partial charge in [-0.25, -0.2) is 4.79 Å². The molecule has 1 aliphatic heterocycles. The van der Waals surface area contributed by atoms with Gasteiger partial charge in [-0.3, -0.25) is 4.79 Å². The van der Waals surface area contributed by atoms with Gasteiger partial charge in [0, 0.05) is 49.6 Å². The van der Waals surface area contributed by atoms with E-state index in [2.05, 4.69) is 45.7 Å². The van der Waals surface area contributed by atoms with Crippen LogP contribution in [-0.4, -0.2) is 75.0 Å². The number of carbonyl (C=O) groups is 2. The quantitative estimate of drug-likeness (QED) is 0.476. The van der Waals surface area contributed by atoms with Crippen molar-refractivity contribution in [3.8, 4) is 0 Å². The molecule has 36 heavy (non-hydrogen) atoms. The Morgan fingerprint density at radius 2 is 1.78 bits per heavy atom. The number of hydrogen-bond acceptors (Lipinski definition) is 7. The fourth-order valence-electron chi connectivity index (χ4n) is 5.29. The van der Waals surface area contributed by atoms with Gasteiger partial charge in [0.1, 0.15) is 5.60 Å². The number of esters is 1. The van der Waals surface area contributed by atoms with Crippen LogP contribution in [0.15, 0.2) is 24.3 Å². The number of ether oxygens (including phenoxy) is 2. The van der Waals surface area contributed by atoms with E-state index in [0.717, 1.165) is 51.0 Å². The van der Waals surface area contributed by atoms with Crippen molar-refractivity contribution in [2.24, 2.45) is 5.92 Å². The minimum absolute atomic E-state index is 0.198. The summed E-state index contributed by atoms with van der Waals surface area (Å²) in [6.07, 6.45) is 6.71. The molecule has 2 aliphatic rings. The Kier molecular flexibility index (Phi) is 10.3. The number of nitrogens with one attached hydrogen (secondary N) is 2. The van der Waals surface area contributed by atoms with Crippen LogP contribution in [0.3, 0.4) is 0 Å². The average Bonchev–Trinajstić information content (AvgIpc) is 2.84. The summed E-state index contributed by atoms with van der Waals surface area (Å²) in [5.41, 5.74) is 1.82. The maximum absolute atomic E-state index is 12.1. The molecule has 0 unspecified atom stereocenters. The summed E-state index contributed by atoms with van der Waals surface area (Å²) in [4.78, 5) is 28.4. The zero-order valence-corrected chi connectivity index (χ0v) is 22.8. The molecule has 0 aromatic heterocycles. The Morgan fingerprint density at radius 3 is 2.42 bits per heavy atom. The van der Waals surface area contributed by atoms with Crippen molar-refractivity contribution in [1.29, 1.82) is 0 Å². The molecule has 0 atom stereocenters. The van der Waals surface area contributed by atoms with Crippen LogP contribution in [0.5, 0.6) is 0 Å². The van der Waals surface area contributed by atoms with Gasteiger partial charge in [0.25, 0.3) is 0 Å². The zero-order valence-electron chi connectivity index (χ0n) is 22.8. The molecule has 8 nitrogen and oxygen atoms in total. The van der Waals surface area contributed by atoms with E-state index in [-0.39, 0.29) is 18.1 Å². The standard InChI is InChI=1S/C28H46N4O4/c1-28(2,3)36-27(34)30-22-9-11-24(12-10-22)31(4)20-21-14-17-32(18-15-21)25-8-6-7-23(19-25)29-16-13-26(33)35-5/h6-8,19,21-22,24,29H,9-18,20H2,1-5H3,(H,30,34). The molecule has 0 bridgehead atoms. The molecule has 2 N–H and O–H groups in total. The number of carbonyl (C=O) groups excluding carboxylic acids is 2. The molecule has 0 radical (unpaired) electrons. The number of piperidine rings is 1. The lowest BCUT2D eigenvalue weighted by molar-refractivity contribution is -0.140. The lowest BCUT2D eigenvalue weighted by Crippen LogP contribution is -2.46. The summed E-state index contributed by atoms with van der Waals surface area (Å²) >= 11 is 0. The first-order chi connectivity index (χ1) is 17.1. The number of anilines is 2. The SMILES string of the molecule is COC(=O)CCNc1cccc(N2CCC(CN(C)C3CCC(NC(=O)OC(C)(C)C)CC3)CC2)c1. The van der Waals surface area contributed by atoms with Crippen LogP contribution < -0.4 is 15.5 Å². The molecular weight excluding hydrogens is 456 g/mol. The van der Waals surface area contributed by atoms with Crippen molar-refractivity contribution in [2.45, 2.75) is 83.4 Å². The second-order valence-electron chi connectivity index (χ2n) is 11.3. The van der Waals surface area contributed by atoms with Gasteiger partial charge in [0.15, 0.2) is 0 Å². The molecular formula is C28H46N4O4. The molecule has 3 rings (SSSR count). The molecule has 2 fully saturated rings. The Labute approximate surface area is 217 Å². The van der Waals surface area contributed by atoms with Crippen molar-refractivity contribution in [1.82, 2.24) is 10.2 Å². The molecule has 1 saturated carbocycles. The van der Waals surface area contributed by atoms with Gasteiger partial charge in [-0.1, -0.05) is 6.07 Å². The molecule has 202 valence electrons. The number of benzene rings is 1. The van der Waals surface area contributed by atoms with Gasteiger partial charge < -0.3 is 29.9 Å². The smallest absolute Gasteiger partial charge is 0.407 e.